The van der Waals surface area contributed by atoms with Gasteiger partial charge in [-0.3, -0.25) is 4.79 Å². The Morgan fingerprint density at radius 1 is 1.33 bits per heavy atom. The summed E-state index contributed by atoms with van der Waals surface area (Å²) in [4.78, 5) is 12.3. The molecule has 0 saturated heterocycles. The number of hydrogen-bond donors (Lipinski definition) is 2. The van der Waals surface area contributed by atoms with Crippen molar-refractivity contribution in [2.24, 2.45) is 5.73 Å². The van der Waals surface area contributed by atoms with Crippen LogP contribution in [0, 0.1) is 0 Å². The van der Waals surface area contributed by atoms with Gasteiger partial charge in [0.15, 0.2) is 0 Å². The summed E-state index contributed by atoms with van der Waals surface area (Å²) < 4.78 is 0. The first kappa shape index (κ1) is 18.3. The molecule has 0 aromatic heterocycles. The third-order valence-electron chi connectivity index (χ3n) is 4.15. The quantitative estimate of drug-likeness (QED) is 0.863. The van der Waals surface area contributed by atoms with Crippen LogP contribution < -0.4 is 11.1 Å². The minimum absolute atomic E-state index is 0. The number of nitrogens with one attached hydrogen (secondary N) is 1. The second-order valence-corrected chi connectivity index (χ2v) is 6.12. The predicted molar refractivity (Wildman–Crippen MR) is 89.9 cm³/mol. The van der Waals surface area contributed by atoms with Gasteiger partial charge in [-0.25, -0.2) is 0 Å². The van der Waals surface area contributed by atoms with Crippen molar-refractivity contribution in [2.75, 3.05) is 0 Å². The van der Waals surface area contributed by atoms with Crippen LogP contribution >= 0.6 is 24.0 Å². The summed E-state index contributed by atoms with van der Waals surface area (Å²) in [5, 5.41) is 3.92. The number of amides is 1. The summed E-state index contributed by atoms with van der Waals surface area (Å²) in [6.45, 7) is 2.04. The largest absolute Gasteiger partial charge is 0.345 e. The maximum absolute atomic E-state index is 12.3. The molecule has 0 spiro atoms. The third-order valence-corrected chi connectivity index (χ3v) is 4.40. The Labute approximate surface area is 138 Å². The van der Waals surface area contributed by atoms with Gasteiger partial charge in [-0.05, 0) is 37.0 Å². The lowest BCUT2D eigenvalue weighted by atomic mass is 9.87. The minimum atomic E-state index is -0.412. The fourth-order valence-corrected chi connectivity index (χ4v) is 3.13. The SMILES string of the molecule is CCCC(N)C(=O)NC1(c2ccc(Cl)cc2)CCCC1.Cl. The molecular formula is C16H24Cl2N2O. The van der Waals surface area contributed by atoms with Gasteiger partial charge < -0.3 is 11.1 Å². The van der Waals surface area contributed by atoms with Crippen molar-refractivity contribution in [3.05, 3.63) is 34.9 Å². The average Bonchev–Trinajstić information content (AvgIpc) is 2.89. The van der Waals surface area contributed by atoms with Crippen molar-refractivity contribution in [3.8, 4) is 0 Å². The molecular weight excluding hydrogens is 307 g/mol. The van der Waals surface area contributed by atoms with Crippen LogP contribution in [0.4, 0.5) is 0 Å². The van der Waals surface area contributed by atoms with Crippen LogP contribution in [0.1, 0.15) is 51.0 Å². The van der Waals surface area contributed by atoms with Crippen LogP contribution in [-0.4, -0.2) is 11.9 Å². The van der Waals surface area contributed by atoms with E-state index in [1.165, 1.54) is 0 Å². The highest BCUT2D eigenvalue weighted by molar-refractivity contribution is 6.30. The Morgan fingerprint density at radius 3 is 2.43 bits per heavy atom. The summed E-state index contributed by atoms with van der Waals surface area (Å²) >= 11 is 5.95. The number of benzene rings is 1. The van der Waals surface area contributed by atoms with Gasteiger partial charge in [0.25, 0.3) is 0 Å². The maximum Gasteiger partial charge on any atom is 0.237 e. The second kappa shape index (κ2) is 8.02. The highest BCUT2D eigenvalue weighted by Gasteiger charge is 2.37. The van der Waals surface area contributed by atoms with E-state index in [1.807, 2.05) is 31.2 Å². The van der Waals surface area contributed by atoms with Crippen molar-refractivity contribution < 1.29 is 4.79 Å². The van der Waals surface area contributed by atoms with Crippen molar-refractivity contribution in [2.45, 2.75) is 57.0 Å². The molecule has 0 aliphatic heterocycles. The molecule has 1 unspecified atom stereocenters. The molecule has 0 heterocycles. The molecule has 3 N–H and O–H groups in total. The van der Waals surface area contributed by atoms with E-state index in [1.54, 1.807) is 0 Å². The molecule has 3 nitrogen and oxygen atoms in total. The van der Waals surface area contributed by atoms with E-state index < -0.39 is 6.04 Å². The number of rotatable bonds is 5. The van der Waals surface area contributed by atoms with Crippen LogP contribution in [0.2, 0.25) is 5.02 Å². The Morgan fingerprint density at radius 2 is 1.90 bits per heavy atom. The van der Waals surface area contributed by atoms with Crippen LogP contribution in [0.15, 0.2) is 24.3 Å². The van der Waals surface area contributed by atoms with Crippen LogP contribution in [0.5, 0.6) is 0 Å². The normalized spacial score (nSPS) is 17.9. The lowest BCUT2D eigenvalue weighted by Crippen LogP contribution is -2.50. The maximum atomic E-state index is 12.3. The number of nitrogens with two attached hydrogens (primary N) is 1. The molecule has 1 aromatic carbocycles. The van der Waals surface area contributed by atoms with E-state index in [9.17, 15) is 4.79 Å². The summed E-state index contributed by atoms with van der Waals surface area (Å²) in [7, 11) is 0. The van der Waals surface area contributed by atoms with E-state index in [0.29, 0.717) is 0 Å². The molecule has 0 radical (unpaired) electrons. The number of carbonyl (C=O) groups is 1. The summed E-state index contributed by atoms with van der Waals surface area (Å²) in [6, 6.07) is 7.38. The zero-order valence-electron chi connectivity index (χ0n) is 12.4. The summed E-state index contributed by atoms with van der Waals surface area (Å²) in [5.41, 5.74) is 6.81. The molecule has 1 aliphatic carbocycles. The number of carbonyl (C=O) groups excluding carboxylic acids is 1. The second-order valence-electron chi connectivity index (χ2n) is 5.68. The standard InChI is InChI=1S/C16H23ClN2O.ClH/c1-2-5-14(18)15(20)19-16(10-3-4-11-16)12-6-8-13(17)9-7-12;/h6-9,14H,2-5,10-11,18H2,1H3,(H,19,20);1H. The lowest BCUT2D eigenvalue weighted by Gasteiger charge is -2.32. The van der Waals surface area contributed by atoms with Gasteiger partial charge >= 0.3 is 0 Å². The lowest BCUT2D eigenvalue weighted by molar-refractivity contribution is -0.124. The van der Waals surface area contributed by atoms with Gasteiger partial charge in [0.1, 0.15) is 0 Å². The first-order valence-electron chi connectivity index (χ1n) is 7.41. The van der Waals surface area contributed by atoms with E-state index in [-0.39, 0.29) is 23.9 Å². The molecule has 5 heteroatoms. The van der Waals surface area contributed by atoms with Gasteiger partial charge in [0.2, 0.25) is 5.91 Å². The Bertz CT molecular complexity index is 456. The molecule has 2 rings (SSSR count). The fourth-order valence-electron chi connectivity index (χ4n) is 3.00. The first-order valence-corrected chi connectivity index (χ1v) is 7.79. The molecule has 1 atom stereocenters. The molecule has 1 amide bonds. The van der Waals surface area contributed by atoms with Gasteiger partial charge in [-0.2, -0.15) is 0 Å². The van der Waals surface area contributed by atoms with Crippen molar-refractivity contribution >= 4 is 29.9 Å². The molecule has 118 valence electrons. The van der Waals surface area contributed by atoms with Gasteiger partial charge in [-0.15, -0.1) is 12.4 Å². The zero-order valence-corrected chi connectivity index (χ0v) is 14.0. The van der Waals surface area contributed by atoms with Gasteiger partial charge in [-0.1, -0.05) is 49.9 Å². The van der Waals surface area contributed by atoms with E-state index in [2.05, 4.69) is 5.32 Å². The minimum Gasteiger partial charge on any atom is -0.345 e. The monoisotopic (exact) mass is 330 g/mol. The fraction of sp³-hybridized carbons (Fsp3) is 0.562. The first-order chi connectivity index (χ1) is 9.57. The molecule has 1 aliphatic rings. The summed E-state index contributed by atoms with van der Waals surface area (Å²) in [5.74, 6) is -0.0382. The average molecular weight is 331 g/mol. The van der Waals surface area contributed by atoms with Crippen molar-refractivity contribution in [1.29, 1.82) is 0 Å². The van der Waals surface area contributed by atoms with Crippen LogP contribution in [-0.2, 0) is 10.3 Å². The van der Waals surface area contributed by atoms with Gasteiger partial charge in [0.05, 0.1) is 11.6 Å². The Kier molecular flexibility index (Phi) is 6.98. The highest BCUT2D eigenvalue weighted by Crippen LogP contribution is 2.39. The number of hydrogen-bond acceptors (Lipinski definition) is 2. The van der Waals surface area contributed by atoms with Crippen LogP contribution in [0.25, 0.3) is 0 Å². The smallest absolute Gasteiger partial charge is 0.237 e. The third kappa shape index (κ3) is 4.35. The van der Waals surface area contributed by atoms with Crippen LogP contribution in [0.3, 0.4) is 0 Å². The van der Waals surface area contributed by atoms with E-state index in [0.717, 1.165) is 49.1 Å². The van der Waals surface area contributed by atoms with Gasteiger partial charge in [0, 0.05) is 5.02 Å². The van der Waals surface area contributed by atoms with Crippen molar-refractivity contribution in [3.63, 3.8) is 0 Å². The molecule has 1 aromatic rings. The highest BCUT2D eigenvalue weighted by atomic mass is 35.5. The predicted octanol–water partition coefficient (Wildman–Crippen LogP) is 3.77. The Balaban J connectivity index is 0.00000220. The topological polar surface area (TPSA) is 55.1 Å². The van der Waals surface area contributed by atoms with E-state index >= 15 is 0 Å². The molecule has 1 fully saturated rings. The zero-order chi connectivity index (χ0) is 14.6. The van der Waals surface area contributed by atoms with Crippen molar-refractivity contribution in [1.82, 2.24) is 5.32 Å². The Hall–Kier alpha value is -0.770. The molecule has 21 heavy (non-hydrogen) atoms. The van der Waals surface area contributed by atoms with E-state index in [4.69, 9.17) is 17.3 Å². The number of halogens is 2. The summed E-state index contributed by atoms with van der Waals surface area (Å²) in [6.07, 6.45) is 5.85. The molecule has 0 bridgehead atoms. The molecule has 1 saturated carbocycles.